The molecule has 0 aliphatic heterocycles. The molecule has 0 saturated heterocycles. The fraction of sp³-hybridized carbons (Fsp3) is 0.471. The molecule has 2 N–H and O–H groups in total. The average molecular weight is 347 g/mol. The Bertz CT molecular complexity index is 719. The Morgan fingerprint density at radius 3 is 2.72 bits per heavy atom. The van der Waals surface area contributed by atoms with E-state index in [2.05, 4.69) is 15.7 Å². The summed E-state index contributed by atoms with van der Waals surface area (Å²) in [7, 11) is 3.48. The van der Waals surface area contributed by atoms with E-state index < -0.39 is 0 Å². The van der Waals surface area contributed by atoms with Crippen LogP contribution >= 0.6 is 0 Å². The highest BCUT2D eigenvalue weighted by molar-refractivity contribution is 5.88. The van der Waals surface area contributed by atoms with Gasteiger partial charge in [-0.05, 0) is 32.4 Å². The molecule has 0 aromatic carbocycles. The van der Waals surface area contributed by atoms with Crippen LogP contribution in [0.15, 0.2) is 28.8 Å². The van der Waals surface area contributed by atoms with Crippen LogP contribution in [-0.4, -0.2) is 40.7 Å². The van der Waals surface area contributed by atoms with Crippen LogP contribution in [0, 0.1) is 6.92 Å². The van der Waals surface area contributed by atoms with Gasteiger partial charge in [-0.3, -0.25) is 14.8 Å². The first-order valence-electron chi connectivity index (χ1n) is 8.22. The van der Waals surface area contributed by atoms with Gasteiger partial charge in [0.25, 0.3) is 0 Å². The molecule has 2 aromatic heterocycles. The molecule has 2 aromatic rings. The Hall–Kier alpha value is -2.77. The van der Waals surface area contributed by atoms with Crippen molar-refractivity contribution < 1.29 is 14.0 Å². The molecule has 0 aliphatic rings. The van der Waals surface area contributed by atoms with Gasteiger partial charge >= 0.3 is 6.03 Å². The van der Waals surface area contributed by atoms with Crippen molar-refractivity contribution in [1.82, 2.24) is 20.0 Å². The molecular weight excluding hydrogens is 322 g/mol. The number of hydrogen-bond donors (Lipinski definition) is 2. The van der Waals surface area contributed by atoms with E-state index in [9.17, 15) is 9.59 Å². The highest BCUT2D eigenvalue weighted by atomic mass is 16.3. The van der Waals surface area contributed by atoms with Crippen LogP contribution in [0.25, 0.3) is 0 Å². The summed E-state index contributed by atoms with van der Waals surface area (Å²) in [5.41, 5.74) is 0. The summed E-state index contributed by atoms with van der Waals surface area (Å²) in [6, 6.07) is 4.81. The minimum absolute atomic E-state index is 0.0898. The molecule has 0 saturated carbocycles. The third kappa shape index (κ3) is 5.66. The Morgan fingerprint density at radius 2 is 2.08 bits per heavy atom. The van der Waals surface area contributed by atoms with Crippen molar-refractivity contribution in [3.05, 3.63) is 35.9 Å². The Balaban J connectivity index is 1.78. The second-order valence-electron chi connectivity index (χ2n) is 6.12. The lowest BCUT2D eigenvalue weighted by Crippen LogP contribution is -2.31. The number of rotatable bonds is 7. The summed E-state index contributed by atoms with van der Waals surface area (Å²) in [5.74, 6) is 2.05. The number of furan rings is 1. The van der Waals surface area contributed by atoms with Gasteiger partial charge in [0, 0.05) is 39.3 Å². The van der Waals surface area contributed by atoms with E-state index in [1.165, 1.54) is 0 Å². The first-order chi connectivity index (χ1) is 11.8. The molecule has 0 spiro atoms. The van der Waals surface area contributed by atoms with Gasteiger partial charge in [0.05, 0.1) is 6.04 Å². The quantitative estimate of drug-likeness (QED) is 0.805. The number of nitrogens with one attached hydrogen (secondary N) is 2. The summed E-state index contributed by atoms with van der Waals surface area (Å²) in [5, 5.41) is 9.76. The third-order valence-electron chi connectivity index (χ3n) is 3.69. The Kier molecular flexibility index (Phi) is 6.21. The lowest BCUT2D eigenvalue weighted by molar-refractivity contribution is -0.128. The topological polar surface area (TPSA) is 92.4 Å². The van der Waals surface area contributed by atoms with Gasteiger partial charge < -0.3 is 14.6 Å². The molecular formula is C17H25N5O3. The molecule has 1 unspecified atom stereocenters. The number of urea groups is 1. The number of carbonyl (C=O) groups is 2. The zero-order chi connectivity index (χ0) is 18.4. The van der Waals surface area contributed by atoms with E-state index >= 15 is 0 Å². The standard InChI is InChI=1S/C17H25N5O3/c1-12-7-8-14(25-12)13(2)18-17(24)19-15-9-11-22(20-15)10-5-6-16(23)21(3)4/h7-9,11,13H,5-6,10H2,1-4H3,(H2,18,19,20,24). The molecule has 25 heavy (non-hydrogen) atoms. The van der Waals surface area contributed by atoms with Crippen LogP contribution < -0.4 is 10.6 Å². The molecule has 8 heteroatoms. The van der Waals surface area contributed by atoms with Crippen molar-refractivity contribution >= 4 is 17.8 Å². The molecule has 0 radical (unpaired) electrons. The zero-order valence-electron chi connectivity index (χ0n) is 15.1. The lowest BCUT2D eigenvalue weighted by atomic mass is 10.2. The number of carbonyl (C=O) groups excluding carboxylic acids is 2. The number of aromatic nitrogens is 2. The minimum atomic E-state index is -0.352. The van der Waals surface area contributed by atoms with E-state index in [0.717, 1.165) is 5.76 Å². The van der Waals surface area contributed by atoms with E-state index in [-0.39, 0.29) is 18.0 Å². The smallest absolute Gasteiger partial charge is 0.321 e. The second-order valence-corrected chi connectivity index (χ2v) is 6.12. The monoisotopic (exact) mass is 347 g/mol. The number of amides is 3. The van der Waals surface area contributed by atoms with Gasteiger partial charge in [-0.15, -0.1) is 0 Å². The predicted octanol–water partition coefficient (Wildman–Crippen LogP) is 2.54. The van der Waals surface area contributed by atoms with Gasteiger partial charge in [-0.25, -0.2) is 4.79 Å². The van der Waals surface area contributed by atoms with Gasteiger partial charge in [0.1, 0.15) is 11.5 Å². The van der Waals surface area contributed by atoms with Crippen molar-refractivity contribution in [2.24, 2.45) is 0 Å². The number of aryl methyl sites for hydroxylation is 2. The number of hydrogen-bond acceptors (Lipinski definition) is 4. The molecule has 0 fully saturated rings. The number of anilines is 1. The molecule has 2 rings (SSSR count). The Labute approximate surface area is 147 Å². The van der Waals surface area contributed by atoms with E-state index in [0.29, 0.717) is 31.0 Å². The maximum Gasteiger partial charge on any atom is 0.321 e. The molecule has 2 heterocycles. The first-order valence-corrected chi connectivity index (χ1v) is 8.22. The van der Waals surface area contributed by atoms with Crippen LogP contribution in [0.2, 0.25) is 0 Å². The average Bonchev–Trinajstić information content (AvgIpc) is 3.16. The van der Waals surface area contributed by atoms with Crippen LogP contribution in [0.3, 0.4) is 0 Å². The van der Waals surface area contributed by atoms with Crippen molar-refractivity contribution in [3.8, 4) is 0 Å². The van der Waals surface area contributed by atoms with Crippen LogP contribution in [0.1, 0.15) is 37.3 Å². The highest BCUT2D eigenvalue weighted by Crippen LogP contribution is 2.15. The zero-order valence-corrected chi connectivity index (χ0v) is 15.1. The van der Waals surface area contributed by atoms with Gasteiger partial charge in [0.2, 0.25) is 5.91 Å². The highest BCUT2D eigenvalue weighted by Gasteiger charge is 2.13. The molecule has 0 bridgehead atoms. The van der Waals surface area contributed by atoms with E-state index in [4.69, 9.17) is 4.42 Å². The van der Waals surface area contributed by atoms with Crippen LogP contribution in [0.5, 0.6) is 0 Å². The largest absolute Gasteiger partial charge is 0.464 e. The Morgan fingerprint density at radius 1 is 1.32 bits per heavy atom. The normalized spacial score (nSPS) is 11.8. The fourth-order valence-corrected chi connectivity index (χ4v) is 2.28. The molecule has 3 amide bonds. The molecule has 1 atom stereocenters. The van der Waals surface area contributed by atoms with Crippen molar-refractivity contribution in [1.29, 1.82) is 0 Å². The van der Waals surface area contributed by atoms with E-state index in [1.807, 2.05) is 26.0 Å². The molecule has 8 nitrogen and oxygen atoms in total. The lowest BCUT2D eigenvalue weighted by Gasteiger charge is -2.11. The molecule has 136 valence electrons. The van der Waals surface area contributed by atoms with Crippen molar-refractivity contribution in [2.45, 2.75) is 39.3 Å². The minimum Gasteiger partial charge on any atom is -0.464 e. The van der Waals surface area contributed by atoms with E-state index in [1.54, 1.807) is 35.9 Å². The maximum absolute atomic E-state index is 12.0. The summed E-state index contributed by atoms with van der Waals surface area (Å²) in [6.45, 7) is 4.32. The van der Waals surface area contributed by atoms with Gasteiger partial charge in [-0.1, -0.05) is 0 Å². The molecule has 0 aliphatic carbocycles. The van der Waals surface area contributed by atoms with Gasteiger partial charge in [-0.2, -0.15) is 5.10 Å². The predicted molar refractivity (Wildman–Crippen MR) is 94.2 cm³/mol. The fourth-order valence-electron chi connectivity index (χ4n) is 2.28. The summed E-state index contributed by atoms with van der Waals surface area (Å²) in [6.07, 6.45) is 2.93. The summed E-state index contributed by atoms with van der Waals surface area (Å²) >= 11 is 0. The number of nitrogens with zero attached hydrogens (tertiary/aromatic N) is 3. The maximum atomic E-state index is 12.0. The summed E-state index contributed by atoms with van der Waals surface area (Å²) < 4.78 is 7.19. The van der Waals surface area contributed by atoms with Crippen molar-refractivity contribution in [3.63, 3.8) is 0 Å². The van der Waals surface area contributed by atoms with Crippen molar-refractivity contribution in [2.75, 3.05) is 19.4 Å². The second kappa shape index (κ2) is 8.36. The SMILES string of the molecule is Cc1ccc(C(C)NC(=O)Nc2ccn(CCCC(=O)N(C)C)n2)o1. The van der Waals surface area contributed by atoms with Crippen LogP contribution in [-0.2, 0) is 11.3 Å². The first kappa shape index (κ1) is 18.6. The van der Waals surface area contributed by atoms with Gasteiger partial charge in [0.15, 0.2) is 5.82 Å². The third-order valence-corrected chi connectivity index (χ3v) is 3.69. The van der Waals surface area contributed by atoms with Crippen LogP contribution in [0.4, 0.5) is 10.6 Å². The summed E-state index contributed by atoms with van der Waals surface area (Å²) in [4.78, 5) is 25.1.